The maximum Gasteiger partial charge on any atom is 0.340 e. The van der Waals surface area contributed by atoms with Gasteiger partial charge in [-0.2, -0.15) is 0 Å². The summed E-state index contributed by atoms with van der Waals surface area (Å²) in [5.41, 5.74) is 1.56. The smallest absolute Gasteiger partial charge is 0.340 e. The molecule has 3 nitrogen and oxygen atoms in total. The molecule has 0 saturated heterocycles. The molecule has 1 fully saturated rings. The maximum atomic E-state index is 11.7. The Balaban J connectivity index is 2.33. The molecule has 0 aromatic carbocycles. The van der Waals surface area contributed by atoms with Crippen LogP contribution in [0.5, 0.6) is 0 Å². The number of hydrogen-bond acceptors (Lipinski definition) is 3. The molecule has 1 aliphatic rings. The Morgan fingerprint density at radius 3 is 3.00 bits per heavy atom. The second kappa shape index (κ2) is 4.47. The van der Waals surface area contributed by atoms with E-state index in [1.165, 1.54) is 0 Å². The van der Waals surface area contributed by atoms with Gasteiger partial charge in [-0.3, -0.25) is 4.98 Å². The Morgan fingerprint density at radius 2 is 2.40 bits per heavy atom. The molecule has 4 heteroatoms. The van der Waals surface area contributed by atoms with Crippen molar-refractivity contribution < 1.29 is 9.53 Å². The molecule has 0 bridgehead atoms. The summed E-state index contributed by atoms with van der Waals surface area (Å²) in [7, 11) is 0. The fourth-order valence-corrected chi connectivity index (χ4v) is 1.95. The number of pyridine rings is 1. The number of halogens is 1. The Morgan fingerprint density at radius 1 is 1.67 bits per heavy atom. The molecule has 1 aromatic heterocycles. The molecular formula is C11H12INO2. The third-order valence-electron chi connectivity index (χ3n) is 2.34. The van der Waals surface area contributed by atoms with Gasteiger partial charge in [-0.05, 0) is 48.4 Å². The van der Waals surface area contributed by atoms with E-state index in [-0.39, 0.29) is 5.97 Å². The molecule has 0 radical (unpaired) electrons. The number of nitrogens with zero attached hydrogens (tertiary/aromatic N) is 1. The number of carbonyl (C=O) groups is 1. The van der Waals surface area contributed by atoms with Gasteiger partial charge >= 0.3 is 5.97 Å². The zero-order valence-electron chi connectivity index (χ0n) is 8.50. The average Bonchev–Trinajstić information content (AvgIpc) is 3.01. The van der Waals surface area contributed by atoms with Gasteiger partial charge in [0, 0.05) is 15.7 Å². The minimum atomic E-state index is -0.245. The van der Waals surface area contributed by atoms with Crippen LogP contribution in [0.2, 0.25) is 0 Å². The minimum absolute atomic E-state index is 0.245. The summed E-state index contributed by atoms with van der Waals surface area (Å²) in [6, 6.07) is 1.86. The van der Waals surface area contributed by atoms with Gasteiger partial charge in [0.25, 0.3) is 0 Å². The highest BCUT2D eigenvalue weighted by Crippen LogP contribution is 2.40. The Hall–Kier alpha value is -0.650. The lowest BCUT2D eigenvalue weighted by atomic mass is 10.1. The molecule has 2 rings (SSSR count). The van der Waals surface area contributed by atoms with Crippen LogP contribution in [0.1, 0.15) is 41.7 Å². The number of esters is 1. The van der Waals surface area contributed by atoms with Crippen LogP contribution in [0.15, 0.2) is 12.3 Å². The van der Waals surface area contributed by atoms with Gasteiger partial charge in [-0.1, -0.05) is 0 Å². The van der Waals surface area contributed by atoms with E-state index in [4.69, 9.17) is 4.74 Å². The Kier molecular flexibility index (Phi) is 3.23. The van der Waals surface area contributed by atoms with Crippen molar-refractivity contribution in [1.82, 2.24) is 4.98 Å². The first-order valence-electron chi connectivity index (χ1n) is 5.05. The third kappa shape index (κ3) is 2.48. The summed E-state index contributed by atoms with van der Waals surface area (Å²) in [6.07, 6.45) is 4.08. The first-order valence-corrected chi connectivity index (χ1v) is 6.12. The molecule has 1 saturated carbocycles. The predicted octanol–water partition coefficient (Wildman–Crippen LogP) is 2.74. The second-order valence-corrected chi connectivity index (χ2v) is 4.83. The lowest BCUT2D eigenvalue weighted by molar-refractivity contribution is 0.0524. The summed E-state index contributed by atoms with van der Waals surface area (Å²) in [5, 5.41) is 0. The number of rotatable bonds is 3. The minimum Gasteiger partial charge on any atom is -0.462 e. The highest BCUT2D eigenvalue weighted by Gasteiger charge is 2.30. The van der Waals surface area contributed by atoms with Crippen molar-refractivity contribution in [3.8, 4) is 0 Å². The van der Waals surface area contributed by atoms with Crippen molar-refractivity contribution in [1.29, 1.82) is 0 Å². The molecule has 0 aliphatic heterocycles. The average molecular weight is 317 g/mol. The van der Waals surface area contributed by atoms with Crippen LogP contribution in [0, 0.1) is 3.57 Å². The normalized spacial score (nSPS) is 15.1. The monoisotopic (exact) mass is 317 g/mol. The number of hydrogen-bond donors (Lipinski definition) is 0. The van der Waals surface area contributed by atoms with Crippen LogP contribution in [-0.2, 0) is 4.74 Å². The first kappa shape index (κ1) is 10.9. The van der Waals surface area contributed by atoms with Gasteiger partial charge < -0.3 is 4.74 Å². The number of carbonyl (C=O) groups excluding carboxylic acids is 1. The van der Waals surface area contributed by atoms with Gasteiger partial charge in [0.15, 0.2) is 0 Å². The van der Waals surface area contributed by atoms with Crippen LogP contribution >= 0.6 is 22.6 Å². The van der Waals surface area contributed by atoms with Crippen molar-refractivity contribution >= 4 is 28.6 Å². The zero-order chi connectivity index (χ0) is 10.8. The lowest BCUT2D eigenvalue weighted by Gasteiger charge is -2.07. The van der Waals surface area contributed by atoms with E-state index >= 15 is 0 Å². The summed E-state index contributed by atoms with van der Waals surface area (Å²) in [4.78, 5) is 16.0. The van der Waals surface area contributed by atoms with Crippen LogP contribution < -0.4 is 0 Å². The van der Waals surface area contributed by atoms with Crippen LogP contribution in [0.3, 0.4) is 0 Å². The molecule has 0 N–H and O–H groups in total. The maximum absolute atomic E-state index is 11.7. The topological polar surface area (TPSA) is 39.2 Å². The molecule has 0 amide bonds. The zero-order valence-corrected chi connectivity index (χ0v) is 10.7. The van der Waals surface area contributed by atoms with Crippen molar-refractivity contribution in [2.75, 3.05) is 6.61 Å². The van der Waals surface area contributed by atoms with Crippen LogP contribution in [0.25, 0.3) is 0 Å². The largest absolute Gasteiger partial charge is 0.462 e. The van der Waals surface area contributed by atoms with Gasteiger partial charge in [-0.15, -0.1) is 0 Å². The molecule has 0 atom stereocenters. The fourth-order valence-electron chi connectivity index (χ4n) is 1.50. The van der Waals surface area contributed by atoms with E-state index < -0.39 is 0 Å². The number of aromatic nitrogens is 1. The summed E-state index contributed by atoms with van der Waals surface area (Å²) in [6.45, 7) is 2.23. The van der Waals surface area contributed by atoms with Crippen molar-refractivity contribution in [3.05, 3.63) is 27.1 Å². The van der Waals surface area contributed by atoms with Crippen LogP contribution in [0.4, 0.5) is 0 Å². The van der Waals surface area contributed by atoms with Crippen molar-refractivity contribution in [2.24, 2.45) is 0 Å². The van der Waals surface area contributed by atoms with Gasteiger partial charge in [0.05, 0.1) is 17.9 Å². The van der Waals surface area contributed by atoms with Gasteiger partial charge in [0.2, 0.25) is 0 Å². The van der Waals surface area contributed by atoms with Gasteiger partial charge in [0.1, 0.15) is 0 Å². The van der Waals surface area contributed by atoms with E-state index in [9.17, 15) is 4.79 Å². The molecule has 1 aliphatic carbocycles. The fraction of sp³-hybridized carbons (Fsp3) is 0.455. The quantitative estimate of drug-likeness (QED) is 0.636. The van der Waals surface area contributed by atoms with Crippen molar-refractivity contribution in [2.45, 2.75) is 25.7 Å². The predicted molar refractivity (Wildman–Crippen MR) is 64.9 cm³/mol. The van der Waals surface area contributed by atoms with E-state index in [0.717, 1.165) is 22.1 Å². The summed E-state index contributed by atoms with van der Waals surface area (Å²) in [5.74, 6) is 0.229. The second-order valence-electron chi connectivity index (χ2n) is 3.58. The van der Waals surface area contributed by atoms with Crippen molar-refractivity contribution in [3.63, 3.8) is 0 Å². The Labute approximate surface area is 102 Å². The van der Waals surface area contributed by atoms with Crippen LogP contribution in [-0.4, -0.2) is 17.6 Å². The number of ether oxygens (including phenoxy) is 1. The standard InChI is InChI=1S/C11H12INO2/c1-2-15-11(14)9-5-8(12)6-13-10(9)7-3-4-7/h5-7H,2-4H2,1H3. The Bertz CT molecular complexity index is 388. The third-order valence-corrected chi connectivity index (χ3v) is 2.93. The van der Waals surface area contributed by atoms with E-state index in [2.05, 4.69) is 27.6 Å². The van der Waals surface area contributed by atoms with Gasteiger partial charge in [-0.25, -0.2) is 4.79 Å². The molecule has 80 valence electrons. The lowest BCUT2D eigenvalue weighted by Crippen LogP contribution is -2.09. The summed E-state index contributed by atoms with van der Waals surface area (Å²) < 4.78 is 5.99. The highest BCUT2D eigenvalue weighted by molar-refractivity contribution is 14.1. The molecular weight excluding hydrogens is 305 g/mol. The molecule has 0 spiro atoms. The first-order chi connectivity index (χ1) is 7.22. The SMILES string of the molecule is CCOC(=O)c1cc(I)cnc1C1CC1. The van der Waals surface area contributed by atoms with E-state index in [0.29, 0.717) is 18.1 Å². The molecule has 15 heavy (non-hydrogen) atoms. The van der Waals surface area contributed by atoms with E-state index in [1.807, 2.05) is 13.0 Å². The molecule has 1 aromatic rings. The summed E-state index contributed by atoms with van der Waals surface area (Å²) >= 11 is 2.16. The molecule has 1 heterocycles. The highest BCUT2D eigenvalue weighted by atomic mass is 127. The van der Waals surface area contributed by atoms with E-state index in [1.54, 1.807) is 6.20 Å². The molecule has 0 unspecified atom stereocenters.